The van der Waals surface area contributed by atoms with Gasteiger partial charge in [0.1, 0.15) is 0 Å². The second kappa shape index (κ2) is 3.51. The summed E-state index contributed by atoms with van der Waals surface area (Å²) < 4.78 is 0. The Morgan fingerprint density at radius 2 is 1.81 bits per heavy atom. The molecule has 0 aliphatic heterocycles. The molecule has 1 aliphatic carbocycles. The number of fused-ring (bicyclic) bond motifs is 3. The molecule has 0 radical (unpaired) electrons. The van der Waals surface area contributed by atoms with E-state index in [9.17, 15) is 0 Å². The average Bonchev–Trinajstić information content (AvgIpc) is 2.55. The first-order chi connectivity index (χ1) is 7.68. The minimum absolute atomic E-state index is 0.221. The van der Waals surface area contributed by atoms with Crippen molar-refractivity contribution >= 4 is 33.2 Å². The number of hydrogen-bond acceptors (Lipinski definition) is 1. The van der Waals surface area contributed by atoms with Crippen LogP contribution >= 0.6 is 27.5 Å². The molecule has 0 saturated carbocycles. The topological polar surface area (TPSA) is 26.0 Å². The molecule has 2 N–H and O–H groups in total. The summed E-state index contributed by atoms with van der Waals surface area (Å²) in [6.45, 7) is 0. The van der Waals surface area contributed by atoms with Gasteiger partial charge in [-0.15, -0.1) is 0 Å². The van der Waals surface area contributed by atoms with Crippen molar-refractivity contribution in [3.63, 3.8) is 0 Å². The lowest BCUT2D eigenvalue weighted by molar-refractivity contribution is 1.25. The maximum absolute atomic E-state index is 6.07. The van der Waals surface area contributed by atoms with Crippen LogP contribution in [0.2, 0.25) is 5.02 Å². The summed E-state index contributed by atoms with van der Waals surface area (Å²) in [6.07, 6.45) is 0. The Morgan fingerprint density at radius 1 is 1.06 bits per heavy atom. The Labute approximate surface area is 107 Å². The van der Waals surface area contributed by atoms with E-state index in [1.54, 1.807) is 0 Å². The summed E-state index contributed by atoms with van der Waals surface area (Å²) in [7, 11) is 0. The minimum atomic E-state index is 0.221. The van der Waals surface area contributed by atoms with E-state index in [1.165, 1.54) is 22.3 Å². The van der Waals surface area contributed by atoms with Crippen LogP contribution in [0.1, 0.15) is 16.0 Å². The van der Waals surface area contributed by atoms with E-state index < -0.39 is 0 Å². The summed E-state index contributed by atoms with van der Waals surface area (Å²) in [5.41, 5.74) is 11.4. The molecule has 16 heavy (non-hydrogen) atoms. The summed E-state index contributed by atoms with van der Waals surface area (Å²) >= 11 is 9.76. The molecule has 3 rings (SSSR count). The largest absolute Gasteiger partial charge is 0.398 e. The molecule has 1 unspecified atom stereocenters. The van der Waals surface area contributed by atoms with Crippen molar-refractivity contribution in [2.45, 2.75) is 4.83 Å². The highest BCUT2D eigenvalue weighted by molar-refractivity contribution is 9.09. The molecular weight excluding hydrogens is 286 g/mol. The number of nitrogen functional groups attached to an aromatic ring is 1. The average molecular weight is 295 g/mol. The van der Waals surface area contributed by atoms with Crippen molar-refractivity contribution in [3.05, 3.63) is 52.5 Å². The molecule has 80 valence electrons. The third-order valence-electron chi connectivity index (χ3n) is 2.97. The van der Waals surface area contributed by atoms with Crippen LogP contribution in [-0.2, 0) is 0 Å². The van der Waals surface area contributed by atoms with Gasteiger partial charge in [0, 0.05) is 0 Å². The summed E-state index contributed by atoms with van der Waals surface area (Å²) in [4.78, 5) is 0.221. The Kier molecular flexibility index (Phi) is 2.23. The zero-order valence-electron chi connectivity index (χ0n) is 8.37. The molecule has 0 aromatic heterocycles. The quantitative estimate of drug-likeness (QED) is 0.566. The van der Waals surface area contributed by atoms with Crippen molar-refractivity contribution in [1.29, 1.82) is 0 Å². The molecule has 0 saturated heterocycles. The van der Waals surface area contributed by atoms with Crippen LogP contribution in [0.5, 0.6) is 0 Å². The molecule has 3 heteroatoms. The van der Waals surface area contributed by atoms with Crippen LogP contribution in [0.15, 0.2) is 36.4 Å². The number of alkyl halides is 1. The second-order valence-electron chi connectivity index (χ2n) is 3.91. The maximum Gasteiger partial charge on any atom is 0.0657 e. The summed E-state index contributed by atoms with van der Waals surface area (Å²) in [5, 5.41) is 0.621. The molecule has 0 amide bonds. The minimum Gasteiger partial charge on any atom is -0.398 e. The normalized spacial score (nSPS) is 17.0. The van der Waals surface area contributed by atoms with E-state index in [0.29, 0.717) is 10.7 Å². The van der Waals surface area contributed by atoms with Crippen LogP contribution in [0.3, 0.4) is 0 Å². The number of anilines is 1. The zero-order chi connectivity index (χ0) is 11.3. The van der Waals surface area contributed by atoms with Crippen LogP contribution in [0.4, 0.5) is 5.69 Å². The predicted molar refractivity (Wildman–Crippen MR) is 72.1 cm³/mol. The van der Waals surface area contributed by atoms with Gasteiger partial charge in [-0.05, 0) is 34.4 Å². The first-order valence-electron chi connectivity index (χ1n) is 5.01. The number of rotatable bonds is 0. The lowest BCUT2D eigenvalue weighted by Crippen LogP contribution is -1.90. The molecule has 1 atom stereocenters. The first kappa shape index (κ1) is 10.2. The van der Waals surface area contributed by atoms with Gasteiger partial charge in [-0.25, -0.2) is 0 Å². The Bertz CT molecular complexity index is 580. The standard InChI is InChI=1S/C13H9BrClN/c14-13-8-4-2-1-3-7(8)9-5-11(15)12(16)6-10(9)13/h1-6,13H,16H2. The fraction of sp³-hybridized carbons (Fsp3) is 0.0769. The van der Waals surface area contributed by atoms with E-state index in [-0.39, 0.29) is 4.83 Å². The van der Waals surface area contributed by atoms with Crippen molar-refractivity contribution in [3.8, 4) is 11.1 Å². The lowest BCUT2D eigenvalue weighted by atomic mass is 10.1. The molecule has 0 bridgehead atoms. The van der Waals surface area contributed by atoms with E-state index >= 15 is 0 Å². The molecule has 0 fully saturated rings. The molecule has 0 spiro atoms. The number of halogens is 2. The van der Waals surface area contributed by atoms with Gasteiger partial charge in [-0.3, -0.25) is 0 Å². The Morgan fingerprint density at radius 3 is 2.62 bits per heavy atom. The molecule has 1 nitrogen and oxygen atoms in total. The summed E-state index contributed by atoms with van der Waals surface area (Å²) in [5.74, 6) is 0. The highest BCUT2D eigenvalue weighted by Gasteiger charge is 2.26. The monoisotopic (exact) mass is 293 g/mol. The van der Waals surface area contributed by atoms with Gasteiger partial charge in [0.05, 0.1) is 15.5 Å². The molecular formula is C13H9BrClN. The van der Waals surface area contributed by atoms with Gasteiger partial charge >= 0.3 is 0 Å². The van der Waals surface area contributed by atoms with Crippen LogP contribution in [-0.4, -0.2) is 0 Å². The third kappa shape index (κ3) is 1.30. The van der Waals surface area contributed by atoms with Gasteiger partial charge in [-0.1, -0.05) is 51.8 Å². The molecule has 2 aromatic rings. The molecule has 0 heterocycles. The van der Waals surface area contributed by atoms with Crippen LogP contribution < -0.4 is 5.73 Å². The maximum atomic E-state index is 6.07. The van der Waals surface area contributed by atoms with Crippen molar-refractivity contribution in [2.24, 2.45) is 0 Å². The molecule has 2 aromatic carbocycles. The van der Waals surface area contributed by atoms with Gasteiger partial charge in [-0.2, -0.15) is 0 Å². The Balaban J connectivity index is 2.34. The van der Waals surface area contributed by atoms with Crippen LogP contribution in [0, 0.1) is 0 Å². The van der Waals surface area contributed by atoms with E-state index in [0.717, 1.165) is 0 Å². The second-order valence-corrected chi connectivity index (χ2v) is 5.23. The Hall–Kier alpha value is -0.990. The van der Waals surface area contributed by atoms with Crippen LogP contribution in [0.25, 0.3) is 11.1 Å². The fourth-order valence-corrected chi connectivity index (χ4v) is 3.12. The first-order valence-corrected chi connectivity index (χ1v) is 6.30. The van der Waals surface area contributed by atoms with Gasteiger partial charge in [0.25, 0.3) is 0 Å². The van der Waals surface area contributed by atoms with Crippen molar-refractivity contribution < 1.29 is 0 Å². The van der Waals surface area contributed by atoms with E-state index in [4.69, 9.17) is 17.3 Å². The van der Waals surface area contributed by atoms with Gasteiger partial charge < -0.3 is 5.73 Å². The summed E-state index contributed by atoms with van der Waals surface area (Å²) in [6, 6.07) is 12.2. The highest BCUT2D eigenvalue weighted by Crippen LogP contribution is 2.49. The van der Waals surface area contributed by atoms with Crippen molar-refractivity contribution in [2.75, 3.05) is 5.73 Å². The predicted octanol–water partition coefficient (Wildman–Crippen LogP) is 4.39. The van der Waals surface area contributed by atoms with E-state index in [2.05, 4.69) is 28.1 Å². The molecule has 1 aliphatic rings. The van der Waals surface area contributed by atoms with Gasteiger partial charge in [0.2, 0.25) is 0 Å². The third-order valence-corrected chi connectivity index (χ3v) is 4.28. The smallest absolute Gasteiger partial charge is 0.0657 e. The number of hydrogen-bond donors (Lipinski definition) is 1. The number of nitrogens with two attached hydrogens (primary N) is 1. The SMILES string of the molecule is Nc1cc2c(cc1Cl)-c1ccccc1C2Br. The highest BCUT2D eigenvalue weighted by atomic mass is 79.9. The zero-order valence-corrected chi connectivity index (χ0v) is 10.7. The van der Waals surface area contributed by atoms with Gasteiger partial charge in [0.15, 0.2) is 0 Å². The lowest BCUT2D eigenvalue weighted by Gasteiger charge is -2.06. The van der Waals surface area contributed by atoms with E-state index in [1.807, 2.05) is 24.3 Å². The number of benzene rings is 2. The fourth-order valence-electron chi connectivity index (χ4n) is 2.18. The van der Waals surface area contributed by atoms with Crippen molar-refractivity contribution in [1.82, 2.24) is 0 Å².